The van der Waals surface area contributed by atoms with Crippen molar-refractivity contribution in [2.24, 2.45) is 5.92 Å². The number of nitrogens with zero attached hydrogens (tertiary/aromatic N) is 3. The molecule has 3 aliphatic rings. The van der Waals surface area contributed by atoms with Crippen molar-refractivity contribution in [1.29, 1.82) is 0 Å². The van der Waals surface area contributed by atoms with E-state index < -0.39 is 107 Å². The number of methoxy groups -OCH3 is 2. The fourth-order valence-electron chi connectivity index (χ4n) is 13.6. The van der Waals surface area contributed by atoms with E-state index in [9.17, 15) is 75.0 Å². The first-order valence-electron chi connectivity index (χ1n) is 35.6. The van der Waals surface area contributed by atoms with Crippen LogP contribution >= 0.6 is 0 Å². The monoisotopic (exact) mass is 1630 g/mol. The molecule has 0 aliphatic carbocycles. The molecule has 608 valence electrons. The third-order valence-electron chi connectivity index (χ3n) is 18.7. The van der Waals surface area contributed by atoms with Crippen LogP contribution in [-0.4, -0.2) is 255 Å². The smallest absolute Gasteiger partial charge is 0.335 e. The van der Waals surface area contributed by atoms with Gasteiger partial charge in [-0.05, 0) is 109 Å². The van der Waals surface area contributed by atoms with E-state index in [-0.39, 0.29) is 190 Å². The number of carbonyl (C=O) groups is 3. The van der Waals surface area contributed by atoms with Crippen molar-refractivity contribution in [2.75, 3.05) is 175 Å². The molecule has 0 saturated carbocycles. The molecule has 0 radical (unpaired) electrons. The normalized spacial score (nSPS) is 19.5. The molecule has 5 N–H and O–H groups in total. The molecule has 109 heavy (non-hydrogen) atoms. The van der Waals surface area contributed by atoms with Crippen molar-refractivity contribution < 1.29 is 132 Å². The molecule has 4 aromatic rings. The average Bonchev–Trinajstić information content (AvgIpc) is 1.60. The summed E-state index contributed by atoms with van der Waals surface area (Å²) in [5, 5.41) is 1.01. The Morgan fingerprint density at radius 3 is 1.59 bits per heavy atom. The Hall–Kier alpha value is -6.12. The van der Waals surface area contributed by atoms with E-state index in [0.717, 1.165) is 18.6 Å². The first-order chi connectivity index (χ1) is 51.9. The molecule has 37 heteroatoms. The highest BCUT2D eigenvalue weighted by Crippen LogP contribution is 2.55. The van der Waals surface area contributed by atoms with Gasteiger partial charge in [0.2, 0.25) is 0 Å². The molecule has 1 saturated heterocycles. The number of fused-ring (bicyclic) bond motifs is 6. The SMILES string of the molecule is CCCC1CC(/C=C/C=C/C=C/C=C2/N(CCOCCOCCOCCOCCOCCOCCC(=O)ON3C(=O)CCC3=O)c3ccc4c(S(=O)(=O)O)cc(S(=O)(=O)O)cc4c3C2(C)CCOCCOCCOCCOC)C(C)(CCCS(=O)(=O)O)c2c(ccc3c(S(=O)O)cc(S(=O)(=O)O)cc23)N1CCOC. The second-order valence-electron chi connectivity index (χ2n) is 26.1. The highest BCUT2D eigenvalue weighted by Gasteiger charge is 2.47. The van der Waals surface area contributed by atoms with E-state index in [4.69, 9.17) is 56.9 Å². The van der Waals surface area contributed by atoms with Crippen molar-refractivity contribution >= 4 is 102 Å². The van der Waals surface area contributed by atoms with Crippen molar-refractivity contribution in [2.45, 2.75) is 115 Å². The van der Waals surface area contributed by atoms with Gasteiger partial charge < -0.3 is 71.3 Å². The Morgan fingerprint density at radius 1 is 0.560 bits per heavy atom. The molecule has 7 rings (SSSR count). The van der Waals surface area contributed by atoms with E-state index in [1.807, 2.05) is 43.9 Å². The molecule has 3 aliphatic heterocycles. The van der Waals surface area contributed by atoms with Gasteiger partial charge in [0.05, 0.1) is 152 Å². The minimum absolute atomic E-state index is 0.00196. The largest absolute Gasteiger partial charge is 0.383 e. The summed E-state index contributed by atoms with van der Waals surface area (Å²) in [6.45, 7) is 11.0. The van der Waals surface area contributed by atoms with Gasteiger partial charge in [0.25, 0.3) is 52.3 Å². The number of allylic oxidation sites excluding steroid dienone is 8. The van der Waals surface area contributed by atoms with Crippen molar-refractivity contribution in [3.63, 3.8) is 0 Å². The zero-order chi connectivity index (χ0) is 79.4. The van der Waals surface area contributed by atoms with Gasteiger partial charge in [-0.1, -0.05) is 68.9 Å². The number of carbonyl (C=O) groups excluding carboxylic acids is 3. The minimum atomic E-state index is -5.11. The summed E-state index contributed by atoms with van der Waals surface area (Å²) in [6.07, 6.45) is 14.6. The highest BCUT2D eigenvalue weighted by molar-refractivity contribution is 7.87. The van der Waals surface area contributed by atoms with Crippen LogP contribution in [0.15, 0.2) is 116 Å². The second-order valence-corrected chi connectivity index (χ2v) is 32.9. The summed E-state index contributed by atoms with van der Waals surface area (Å²) >= 11 is -2.74. The van der Waals surface area contributed by atoms with E-state index in [1.165, 1.54) is 12.1 Å². The van der Waals surface area contributed by atoms with Crippen molar-refractivity contribution in [3.8, 4) is 0 Å². The Bertz CT molecular complexity index is 4330. The van der Waals surface area contributed by atoms with E-state index in [0.29, 0.717) is 78.5 Å². The fourth-order valence-corrected chi connectivity index (χ4v) is 16.6. The number of hydroxylamine groups is 2. The fraction of sp³-hybridized carbons (Fsp3) is 0.569. The van der Waals surface area contributed by atoms with E-state index in [1.54, 1.807) is 56.7 Å². The predicted molar refractivity (Wildman–Crippen MR) is 401 cm³/mol. The molecule has 32 nitrogen and oxygen atoms in total. The van der Waals surface area contributed by atoms with Crippen LogP contribution in [-0.2, 0) is 134 Å². The summed E-state index contributed by atoms with van der Waals surface area (Å²) in [7, 11) is -16.5. The topological polar surface area (TPSA) is 426 Å². The maximum atomic E-state index is 13.1. The average molecular weight is 1630 g/mol. The number of amides is 2. The van der Waals surface area contributed by atoms with Crippen LogP contribution in [0.1, 0.15) is 89.7 Å². The highest BCUT2D eigenvalue weighted by atomic mass is 32.2. The zero-order valence-electron chi connectivity index (χ0n) is 61.9. The number of hydrogen-bond acceptors (Lipinski definition) is 26. The standard InChI is InChI=1S/C72H101N3O29S5/c1-6-13-54-48-53(71(2,23-12-47-106(81,82)83)69-59-49-55(107(84,85)86)51-63(105(79)80)57(59)16-18-61(69)73(54)25-29-93-4)14-10-8-7-9-11-15-65-72(3,24-28-96-34-37-100-40-39-98-32-31-94-5)70-60-50-56(108(87,88)89)52-64(109(90,91)92)58(60)17-19-62(70)74(65)26-30-97-35-38-101-42-44-103-46-45-102-43-41-99-36-33-95-27-22-68(78)104-75-66(76)20-21-67(75)77/h7-11,14-19,49-54H,6,12-13,20-48H2,1-5H3,(H,79,80)(H,81,82,83)(H,84,85,86)(H,87,88,89)(H,90,91,92)/b8-7+,11-9+,14-10+,65-15+. The van der Waals surface area contributed by atoms with Gasteiger partial charge in [-0.3, -0.25) is 27.8 Å². The molecule has 0 spiro atoms. The van der Waals surface area contributed by atoms with Gasteiger partial charge in [-0.25, -0.2) is 9.00 Å². The Morgan fingerprint density at radius 2 is 1.06 bits per heavy atom. The lowest BCUT2D eigenvalue weighted by molar-refractivity contribution is -0.198. The van der Waals surface area contributed by atoms with Crippen LogP contribution in [0, 0.1) is 5.92 Å². The zero-order valence-corrected chi connectivity index (χ0v) is 65.9. The van der Waals surface area contributed by atoms with Gasteiger partial charge in [0, 0.05) is 91.5 Å². The molecule has 1 fully saturated rings. The molecule has 5 atom stereocenters. The molecule has 5 unspecified atom stereocenters. The third kappa shape index (κ3) is 26.2. The van der Waals surface area contributed by atoms with Crippen molar-refractivity contribution in [1.82, 2.24) is 5.06 Å². The number of benzene rings is 4. The Kier molecular flexibility index (Phi) is 35.7. The van der Waals surface area contributed by atoms with Gasteiger partial charge in [0.1, 0.15) is 4.90 Å². The van der Waals surface area contributed by atoms with Gasteiger partial charge in [-0.15, -0.1) is 5.06 Å². The lowest BCUT2D eigenvalue weighted by atomic mass is 9.66. The van der Waals surface area contributed by atoms with Crippen LogP contribution in [0.4, 0.5) is 11.4 Å². The summed E-state index contributed by atoms with van der Waals surface area (Å²) in [6, 6.07) is 10.4. The molecule has 4 aromatic carbocycles. The summed E-state index contributed by atoms with van der Waals surface area (Å²) < 4.78 is 230. The van der Waals surface area contributed by atoms with Crippen LogP contribution in [0.3, 0.4) is 0 Å². The quantitative estimate of drug-likeness (QED) is 0.00945. The number of rotatable bonds is 51. The van der Waals surface area contributed by atoms with Crippen LogP contribution in [0.2, 0.25) is 0 Å². The summed E-state index contributed by atoms with van der Waals surface area (Å²) in [4.78, 5) is 41.6. The van der Waals surface area contributed by atoms with E-state index in [2.05, 4.69) is 4.90 Å². The predicted octanol–water partition coefficient (Wildman–Crippen LogP) is 7.39. The second kappa shape index (κ2) is 43.2. The molecule has 0 aromatic heterocycles. The van der Waals surface area contributed by atoms with Gasteiger partial charge in [0.15, 0.2) is 11.1 Å². The number of hydrogen-bond donors (Lipinski definition) is 5. The summed E-state index contributed by atoms with van der Waals surface area (Å²) in [5.74, 6) is -2.97. The lowest BCUT2D eigenvalue weighted by Gasteiger charge is -2.38. The van der Waals surface area contributed by atoms with Gasteiger partial charge >= 0.3 is 5.97 Å². The number of anilines is 2. The van der Waals surface area contributed by atoms with Crippen LogP contribution in [0.25, 0.3) is 21.5 Å². The van der Waals surface area contributed by atoms with Crippen LogP contribution < -0.4 is 9.80 Å². The maximum absolute atomic E-state index is 13.1. The van der Waals surface area contributed by atoms with E-state index >= 15 is 0 Å². The van der Waals surface area contributed by atoms with Gasteiger partial charge in [-0.2, -0.15) is 33.7 Å². The molecular weight excluding hydrogens is 1530 g/mol. The molecule has 0 bridgehead atoms. The number of imide groups is 1. The first-order valence-corrected chi connectivity index (χ1v) is 42.6. The maximum Gasteiger partial charge on any atom is 0.335 e. The minimum Gasteiger partial charge on any atom is -0.383 e. The Balaban J connectivity index is 1.11. The van der Waals surface area contributed by atoms with Crippen molar-refractivity contribution in [3.05, 3.63) is 108 Å². The molecule has 2 amide bonds. The Labute approximate surface area is 639 Å². The summed E-state index contributed by atoms with van der Waals surface area (Å²) in [5.41, 5.74) is 0.487. The molecule has 3 heterocycles. The third-order valence-corrected chi connectivity index (χ3v) is 22.8. The number of ether oxygens (including phenoxy) is 11. The van der Waals surface area contributed by atoms with Crippen LogP contribution in [0.5, 0.6) is 0 Å². The lowest BCUT2D eigenvalue weighted by Crippen LogP contribution is -2.38. The first kappa shape index (κ1) is 90.1. The molecular formula is C72H101N3O29S5.